The molecule has 1 aliphatic rings. The molecule has 0 aliphatic carbocycles. The first-order valence-electron chi connectivity index (χ1n) is 10.4. The van der Waals surface area contributed by atoms with Crippen LogP contribution in [0.15, 0.2) is 66.1 Å². The summed E-state index contributed by atoms with van der Waals surface area (Å²) in [5.74, 6) is -0.338. The van der Waals surface area contributed by atoms with Gasteiger partial charge in [-0.15, -0.1) is 0 Å². The summed E-state index contributed by atoms with van der Waals surface area (Å²) in [4.78, 5) is 25.2. The molecule has 10 heteroatoms. The molecule has 0 unspecified atom stereocenters. The molecule has 1 saturated heterocycles. The van der Waals surface area contributed by atoms with Gasteiger partial charge in [-0.25, -0.2) is 23.4 Å². The Hall–Kier alpha value is -3.53. The molecule has 1 amide bonds. The molecule has 7 nitrogen and oxygen atoms in total. The smallest absolute Gasteiger partial charge is 0.233 e. The lowest BCUT2D eigenvalue weighted by atomic mass is 10.2. The van der Waals surface area contributed by atoms with Gasteiger partial charge >= 0.3 is 0 Å². The molecule has 4 aromatic rings. The van der Waals surface area contributed by atoms with Gasteiger partial charge in [0.15, 0.2) is 5.65 Å². The Balaban J connectivity index is 1.24. The zero-order valence-electron chi connectivity index (χ0n) is 17.6. The Kier molecular flexibility index (Phi) is 5.91. The molecular formula is C23H20F2N6OS. The van der Waals surface area contributed by atoms with Gasteiger partial charge in [0.1, 0.15) is 23.0 Å². The lowest BCUT2D eigenvalue weighted by molar-refractivity contribution is -0.128. The number of benzene rings is 2. The Morgan fingerprint density at radius 2 is 1.73 bits per heavy atom. The summed E-state index contributed by atoms with van der Waals surface area (Å²) >= 11 is 1.33. The van der Waals surface area contributed by atoms with Crippen molar-refractivity contribution in [3.05, 3.63) is 72.7 Å². The number of rotatable bonds is 5. The first kappa shape index (κ1) is 21.3. The van der Waals surface area contributed by atoms with E-state index in [9.17, 15) is 13.6 Å². The van der Waals surface area contributed by atoms with Crippen molar-refractivity contribution in [1.82, 2.24) is 24.6 Å². The molecule has 1 aliphatic heterocycles. The van der Waals surface area contributed by atoms with E-state index in [1.165, 1.54) is 36.3 Å². The molecule has 0 spiro atoms. The fourth-order valence-corrected chi connectivity index (χ4v) is 4.70. The maximum atomic E-state index is 14.0. The standard InChI is InChI=1S/C23H20F2N6OS/c24-16-5-7-17(8-6-16)31-22-18(13-28-31)23(27-15-26-22)33-14-21(32)30-11-9-29(10-12-30)20-4-2-1-3-19(20)25/h1-8,13,15H,9-12,14H2. The Morgan fingerprint density at radius 3 is 2.48 bits per heavy atom. The first-order valence-corrected chi connectivity index (χ1v) is 11.4. The van der Waals surface area contributed by atoms with Crippen molar-refractivity contribution in [2.75, 3.05) is 36.8 Å². The van der Waals surface area contributed by atoms with Crippen LogP contribution >= 0.6 is 11.8 Å². The topological polar surface area (TPSA) is 67.2 Å². The van der Waals surface area contributed by atoms with E-state index in [0.717, 1.165) is 5.39 Å². The molecule has 0 saturated carbocycles. The number of fused-ring (bicyclic) bond motifs is 1. The minimum atomic E-state index is -0.325. The van der Waals surface area contributed by atoms with Gasteiger partial charge in [-0.3, -0.25) is 4.79 Å². The largest absolute Gasteiger partial charge is 0.366 e. The van der Waals surface area contributed by atoms with Gasteiger partial charge < -0.3 is 9.80 Å². The third-order valence-electron chi connectivity index (χ3n) is 5.56. The van der Waals surface area contributed by atoms with Crippen LogP contribution in [0, 0.1) is 11.6 Å². The summed E-state index contributed by atoms with van der Waals surface area (Å²) in [6.07, 6.45) is 3.09. The van der Waals surface area contributed by atoms with Crippen LogP contribution in [-0.4, -0.2) is 62.5 Å². The number of anilines is 1. The molecule has 3 heterocycles. The number of carbonyl (C=O) groups is 1. The van der Waals surface area contributed by atoms with Gasteiger partial charge in [0, 0.05) is 26.2 Å². The number of halogens is 2. The zero-order valence-corrected chi connectivity index (χ0v) is 18.4. The molecular weight excluding hydrogens is 446 g/mol. The van der Waals surface area contributed by atoms with Crippen LogP contribution in [0.2, 0.25) is 0 Å². The summed E-state index contributed by atoms with van der Waals surface area (Å²) in [5, 5.41) is 5.75. The molecule has 0 bridgehead atoms. The van der Waals surface area contributed by atoms with E-state index in [-0.39, 0.29) is 23.3 Å². The van der Waals surface area contributed by atoms with E-state index in [2.05, 4.69) is 15.1 Å². The summed E-state index contributed by atoms with van der Waals surface area (Å²) in [6.45, 7) is 2.24. The number of hydrogen-bond acceptors (Lipinski definition) is 6. The van der Waals surface area contributed by atoms with Crippen molar-refractivity contribution < 1.29 is 13.6 Å². The highest BCUT2D eigenvalue weighted by molar-refractivity contribution is 8.00. The number of carbonyl (C=O) groups excluding carboxylic acids is 1. The lowest BCUT2D eigenvalue weighted by Crippen LogP contribution is -2.49. The number of hydrogen-bond donors (Lipinski definition) is 0. The van der Waals surface area contributed by atoms with Crippen LogP contribution in [0.4, 0.5) is 14.5 Å². The van der Waals surface area contributed by atoms with Crippen molar-refractivity contribution in [1.29, 1.82) is 0 Å². The van der Waals surface area contributed by atoms with Gasteiger partial charge in [0.05, 0.1) is 28.7 Å². The minimum absolute atomic E-state index is 0.00544. The maximum Gasteiger partial charge on any atom is 0.233 e. The number of thioether (sulfide) groups is 1. The number of aromatic nitrogens is 4. The first-order chi connectivity index (χ1) is 16.1. The second-order valence-corrected chi connectivity index (χ2v) is 8.52. The molecule has 5 rings (SSSR count). The third kappa shape index (κ3) is 4.38. The second kappa shape index (κ2) is 9.14. The Morgan fingerprint density at radius 1 is 0.970 bits per heavy atom. The van der Waals surface area contributed by atoms with Crippen LogP contribution in [-0.2, 0) is 4.79 Å². The summed E-state index contributed by atoms with van der Waals surface area (Å²) in [7, 11) is 0. The van der Waals surface area contributed by atoms with E-state index in [4.69, 9.17) is 0 Å². The third-order valence-corrected chi connectivity index (χ3v) is 6.55. The summed E-state index contributed by atoms with van der Waals surface area (Å²) < 4.78 is 28.9. The highest BCUT2D eigenvalue weighted by Crippen LogP contribution is 2.26. The predicted octanol–water partition coefficient (Wildman–Crippen LogP) is 3.53. The van der Waals surface area contributed by atoms with Crippen LogP contribution in [0.25, 0.3) is 16.7 Å². The molecule has 2 aromatic heterocycles. The number of para-hydroxylation sites is 1. The van der Waals surface area contributed by atoms with Gasteiger partial charge in [-0.05, 0) is 36.4 Å². The van der Waals surface area contributed by atoms with E-state index in [1.54, 1.807) is 40.0 Å². The molecule has 168 valence electrons. The van der Waals surface area contributed by atoms with Crippen molar-refractivity contribution >= 4 is 34.4 Å². The number of nitrogens with zero attached hydrogens (tertiary/aromatic N) is 6. The molecule has 0 radical (unpaired) electrons. The quantitative estimate of drug-likeness (QED) is 0.331. The van der Waals surface area contributed by atoms with Crippen molar-refractivity contribution in [3.8, 4) is 5.69 Å². The van der Waals surface area contributed by atoms with Gasteiger partial charge in [-0.1, -0.05) is 23.9 Å². The van der Waals surface area contributed by atoms with Crippen molar-refractivity contribution in [3.63, 3.8) is 0 Å². The van der Waals surface area contributed by atoms with Crippen molar-refractivity contribution in [2.45, 2.75) is 5.03 Å². The van der Waals surface area contributed by atoms with Gasteiger partial charge in [-0.2, -0.15) is 5.10 Å². The highest BCUT2D eigenvalue weighted by atomic mass is 32.2. The Bertz CT molecular complexity index is 1290. The maximum absolute atomic E-state index is 14.0. The average molecular weight is 467 g/mol. The van der Waals surface area contributed by atoms with Gasteiger partial charge in [0.2, 0.25) is 5.91 Å². The average Bonchev–Trinajstić information content (AvgIpc) is 3.28. The summed E-state index contributed by atoms with van der Waals surface area (Å²) in [6, 6.07) is 12.7. The van der Waals surface area contributed by atoms with Gasteiger partial charge in [0.25, 0.3) is 0 Å². The molecule has 2 aromatic carbocycles. The van der Waals surface area contributed by atoms with E-state index in [0.29, 0.717) is 48.2 Å². The van der Waals surface area contributed by atoms with Crippen LogP contribution in [0.5, 0.6) is 0 Å². The predicted molar refractivity (Wildman–Crippen MR) is 123 cm³/mol. The number of piperazine rings is 1. The Labute approximate surface area is 193 Å². The van der Waals surface area contributed by atoms with Crippen LogP contribution in [0.3, 0.4) is 0 Å². The monoisotopic (exact) mass is 466 g/mol. The zero-order chi connectivity index (χ0) is 22.8. The molecule has 1 fully saturated rings. The highest BCUT2D eigenvalue weighted by Gasteiger charge is 2.23. The fraction of sp³-hybridized carbons (Fsp3) is 0.217. The molecule has 33 heavy (non-hydrogen) atoms. The lowest BCUT2D eigenvalue weighted by Gasteiger charge is -2.36. The number of amides is 1. The fourth-order valence-electron chi connectivity index (χ4n) is 3.84. The van der Waals surface area contributed by atoms with E-state index < -0.39 is 0 Å². The second-order valence-electron chi connectivity index (χ2n) is 7.56. The van der Waals surface area contributed by atoms with Crippen LogP contribution in [0.1, 0.15) is 0 Å². The van der Waals surface area contributed by atoms with Crippen molar-refractivity contribution in [2.24, 2.45) is 0 Å². The normalized spacial score (nSPS) is 14.1. The molecule has 0 N–H and O–H groups in total. The van der Waals surface area contributed by atoms with E-state index >= 15 is 0 Å². The molecule has 0 atom stereocenters. The minimum Gasteiger partial charge on any atom is -0.366 e. The van der Waals surface area contributed by atoms with E-state index in [1.807, 2.05) is 11.0 Å². The summed E-state index contributed by atoms with van der Waals surface area (Å²) in [5.41, 5.74) is 1.84. The van der Waals surface area contributed by atoms with Crippen LogP contribution < -0.4 is 4.90 Å². The SMILES string of the molecule is O=C(CSc1ncnc2c1cnn2-c1ccc(F)cc1)N1CCN(c2ccccc2F)CC1.